The van der Waals surface area contributed by atoms with Crippen molar-refractivity contribution in [2.24, 2.45) is 0 Å². The van der Waals surface area contributed by atoms with Crippen molar-refractivity contribution in [3.8, 4) is 0 Å². The summed E-state index contributed by atoms with van der Waals surface area (Å²) in [5.74, 6) is 1.51. The van der Waals surface area contributed by atoms with E-state index in [0.29, 0.717) is 6.54 Å². The van der Waals surface area contributed by atoms with Crippen molar-refractivity contribution in [3.63, 3.8) is 0 Å². The number of rotatable bonds is 0. The molecule has 0 saturated heterocycles. The molecule has 0 spiro atoms. The zero-order valence-electron chi connectivity index (χ0n) is 11.2. The summed E-state index contributed by atoms with van der Waals surface area (Å²) in [7, 11) is 1.85. The van der Waals surface area contributed by atoms with E-state index in [1.807, 2.05) is 25.8 Å². The molecule has 5 heteroatoms. The third-order valence-electron chi connectivity index (χ3n) is 2.19. The first-order chi connectivity index (χ1) is 7.99. The summed E-state index contributed by atoms with van der Waals surface area (Å²) < 4.78 is 0. The standard InChI is InChI=1S/C9H12N4O.C3H8/c1-5-8-9(11-6(2)10-5)13(3)4-7(14)12-8;1-3-2/h4H2,1-3H3,(H,12,14);3H2,1-2H3. The van der Waals surface area contributed by atoms with Crippen molar-refractivity contribution in [1.82, 2.24) is 9.97 Å². The maximum absolute atomic E-state index is 11.3. The maximum atomic E-state index is 11.3. The summed E-state index contributed by atoms with van der Waals surface area (Å²) >= 11 is 0. The minimum absolute atomic E-state index is 0.0180. The van der Waals surface area contributed by atoms with E-state index in [0.717, 1.165) is 23.0 Å². The Balaban J connectivity index is 0.000000437. The molecule has 1 aromatic heterocycles. The van der Waals surface area contributed by atoms with Crippen molar-refractivity contribution in [3.05, 3.63) is 11.5 Å². The molecule has 0 aromatic carbocycles. The summed E-state index contributed by atoms with van der Waals surface area (Å²) in [6.45, 7) is 8.31. The molecule has 0 bridgehead atoms. The van der Waals surface area contributed by atoms with E-state index >= 15 is 0 Å². The molecule has 1 aromatic rings. The normalized spacial score (nSPS) is 13.5. The largest absolute Gasteiger partial charge is 0.349 e. The van der Waals surface area contributed by atoms with E-state index in [4.69, 9.17) is 0 Å². The van der Waals surface area contributed by atoms with Gasteiger partial charge in [-0.05, 0) is 13.8 Å². The SMILES string of the molecule is CCC.Cc1nc(C)c2c(n1)N(C)CC(=O)N2. The zero-order chi connectivity index (χ0) is 13.0. The number of aromatic nitrogens is 2. The number of hydrogen-bond donors (Lipinski definition) is 1. The van der Waals surface area contributed by atoms with Gasteiger partial charge in [-0.2, -0.15) is 0 Å². The molecule has 0 saturated carbocycles. The van der Waals surface area contributed by atoms with Crippen LogP contribution < -0.4 is 10.2 Å². The van der Waals surface area contributed by atoms with Crippen LogP contribution in [0.1, 0.15) is 31.8 Å². The van der Waals surface area contributed by atoms with E-state index in [2.05, 4.69) is 29.1 Å². The number of amides is 1. The number of nitrogens with zero attached hydrogens (tertiary/aromatic N) is 3. The summed E-state index contributed by atoms with van der Waals surface area (Å²) in [6.07, 6.45) is 1.25. The van der Waals surface area contributed by atoms with Gasteiger partial charge in [0.15, 0.2) is 5.82 Å². The second kappa shape index (κ2) is 5.61. The summed E-state index contributed by atoms with van der Waals surface area (Å²) in [5, 5.41) is 2.78. The van der Waals surface area contributed by atoms with E-state index in [-0.39, 0.29) is 5.91 Å². The minimum Gasteiger partial charge on any atom is -0.349 e. The summed E-state index contributed by atoms with van der Waals surface area (Å²) in [4.78, 5) is 21.6. The van der Waals surface area contributed by atoms with Crippen LogP contribution in [0.4, 0.5) is 11.5 Å². The van der Waals surface area contributed by atoms with E-state index in [1.165, 1.54) is 6.42 Å². The highest BCUT2D eigenvalue weighted by Gasteiger charge is 2.22. The fourth-order valence-corrected chi connectivity index (χ4v) is 1.59. The van der Waals surface area contributed by atoms with Gasteiger partial charge in [0.25, 0.3) is 0 Å². The maximum Gasteiger partial charge on any atom is 0.244 e. The number of carbonyl (C=O) groups excluding carboxylic acids is 1. The highest BCUT2D eigenvalue weighted by molar-refractivity contribution is 6.00. The Labute approximate surface area is 102 Å². The lowest BCUT2D eigenvalue weighted by Crippen LogP contribution is -2.36. The zero-order valence-corrected chi connectivity index (χ0v) is 11.2. The Bertz CT molecular complexity index is 417. The van der Waals surface area contributed by atoms with E-state index in [9.17, 15) is 4.79 Å². The van der Waals surface area contributed by atoms with Gasteiger partial charge in [-0.15, -0.1) is 0 Å². The van der Waals surface area contributed by atoms with Crippen molar-refractivity contribution in [1.29, 1.82) is 0 Å². The first kappa shape index (κ1) is 13.4. The average molecular weight is 236 g/mol. The third-order valence-corrected chi connectivity index (χ3v) is 2.19. The topological polar surface area (TPSA) is 58.1 Å². The molecule has 0 atom stereocenters. The van der Waals surface area contributed by atoms with Gasteiger partial charge < -0.3 is 10.2 Å². The molecule has 5 nitrogen and oxygen atoms in total. The predicted octanol–water partition coefficient (Wildman–Crippen LogP) is 1.90. The number of hydrogen-bond acceptors (Lipinski definition) is 4. The van der Waals surface area contributed by atoms with Crippen LogP contribution in [-0.4, -0.2) is 29.5 Å². The van der Waals surface area contributed by atoms with Crippen LogP contribution in [0.15, 0.2) is 0 Å². The average Bonchev–Trinajstić information content (AvgIpc) is 2.21. The number of carbonyl (C=O) groups is 1. The number of aryl methyl sites for hydroxylation is 2. The summed E-state index contributed by atoms with van der Waals surface area (Å²) in [5.41, 5.74) is 1.54. The Kier molecular flexibility index (Phi) is 4.43. The first-order valence-corrected chi connectivity index (χ1v) is 5.85. The van der Waals surface area contributed by atoms with Gasteiger partial charge in [-0.25, -0.2) is 9.97 Å². The molecule has 2 rings (SSSR count). The van der Waals surface area contributed by atoms with Crippen molar-refractivity contribution in [2.45, 2.75) is 34.1 Å². The quantitative estimate of drug-likeness (QED) is 0.747. The van der Waals surface area contributed by atoms with Gasteiger partial charge in [-0.3, -0.25) is 4.79 Å². The fraction of sp³-hybridized carbons (Fsp3) is 0.583. The van der Waals surface area contributed by atoms with Crippen molar-refractivity contribution >= 4 is 17.4 Å². The third kappa shape index (κ3) is 3.15. The summed E-state index contributed by atoms with van der Waals surface area (Å²) in [6, 6.07) is 0. The molecule has 1 amide bonds. The van der Waals surface area contributed by atoms with E-state index in [1.54, 1.807) is 0 Å². The fourth-order valence-electron chi connectivity index (χ4n) is 1.59. The smallest absolute Gasteiger partial charge is 0.244 e. The van der Waals surface area contributed by atoms with Crippen LogP contribution in [0.3, 0.4) is 0 Å². The van der Waals surface area contributed by atoms with Crippen LogP contribution in [-0.2, 0) is 4.79 Å². The highest BCUT2D eigenvalue weighted by Crippen LogP contribution is 2.28. The van der Waals surface area contributed by atoms with Crippen LogP contribution in [0.2, 0.25) is 0 Å². The lowest BCUT2D eigenvalue weighted by molar-refractivity contribution is -0.115. The van der Waals surface area contributed by atoms with Crippen molar-refractivity contribution in [2.75, 3.05) is 23.8 Å². The Morgan fingerprint density at radius 2 is 1.88 bits per heavy atom. The molecule has 94 valence electrons. The molecule has 1 aliphatic heterocycles. The van der Waals surface area contributed by atoms with Crippen LogP contribution in [0, 0.1) is 13.8 Å². The monoisotopic (exact) mass is 236 g/mol. The van der Waals surface area contributed by atoms with Crippen molar-refractivity contribution < 1.29 is 4.79 Å². The van der Waals surface area contributed by atoms with Crippen LogP contribution in [0.5, 0.6) is 0 Å². The van der Waals surface area contributed by atoms with Gasteiger partial charge in [0.2, 0.25) is 5.91 Å². The Morgan fingerprint density at radius 1 is 1.29 bits per heavy atom. The van der Waals surface area contributed by atoms with Crippen LogP contribution >= 0.6 is 0 Å². The molecule has 2 heterocycles. The first-order valence-electron chi connectivity index (χ1n) is 5.85. The molecule has 0 radical (unpaired) electrons. The lowest BCUT2D eigenvalue weighted by Gasteiger charge is -2.26. The molecular formula is C12H20N4O. The second-order valence-electron chi connectivity index (χ2n) is 4.17. The van der Waals surface area contributed by atoms with Gasteiger partial charge in [0.05, 0.1) is 12.2 Å². The van der Waals surface area contributed by atoms with Crippen LogP contribution in [0.25, 0.3) is 0 Å². The molecule has 0 fully saturated rings. The molecule has 17 heavy (non-hydrogen) atoms. The predicted molar refractivity (Wildman–Crippen MR) is 69.4 cm³/mol. The second-order valence-corrected chi connectivity index (χ2v) is 4.17. The lowest BCUT2D eigenvalue weighted by atomic mass is 10.2. The molecular weight excluding hydrogens is 216 g/mol. The number of anilines is 2. The van der Waals surface area contributed by atoms with Gasteiger partial charge >= 0.3 is 0 Å². The number of fused-ring (bicyclic) bond motifs is 1. The van der Waals surface area contributed by atoms with Gasteiger partial charge in [-0.1, -0.05) is 20.3 Å². The van der Waals surface area contributed by atoms with E-state index < -0.39 is 0 Å². The molecule has 0 aliphatic carbocycles. The minimum atomic E-state index is -0.0180. The Hall–Kier alpha value is -1.65. The molecule has 1 aliphatic rings. The van der Waals surface area contributed by atoms with Gasteiger partial charge in [0, 0.05) is 7.05 Å². The number of nitrogens with one attached hydrogen (secondary N) is 1. The molecule has 0 unspecified atom stereocenters. The highest BCUT2D eigenvalue weighted by atomic mass is 16.2. The Morgan fingerprint density at radius 3 is 2.47 bits per heavy atom. The van der Waals surface area contributed by atoms with Gasteiger partial charge in [0.1, 0.15) is 11.5 Å². The molecule has 1 N–H and O–H groups in total. The number of likely N-dealkylation sites (N-methyl/N-ethyl adjacent to an activating group) is 1.